The number of hydrogen-bond donors (Lipinski definition) is 2. The molecular formula is C15H16F3NO2. The molecule has 0 bridgehead atoms. The van der Waals surface area contributed by atoms with E-state index in [1.165, 1.54) is 0 Å². The summed E-state index contributed by atoms with van der Waals surface area (Å²) in [7, 11) is 0. The molecule has 0 atom stereocenters. The first-order valence-corrected chi connectivity index (χ1v) is 6.39. The number of aliphatic hydroxyl groups is 1. The third kappa shape index (κ3) is 6.82. The summed E-state index contributed by atoms with van der Waals surface area (Å²) in [4.78, 5) is 11.4. The van der Waals surface area contributed by atoms with Gasteiger partial charge < -0.3 is 10.4 Å². The highest BCUT2D eigenvalue weighted by Crippen LogP contribution is 2.22. The molecule has 0 aliphatic rings. The molecule has 114 valence electrons. The molecule has 0 spiro atoms. The lowest BCUT2D eigenvalue weighted by Crippen LogP contribution is -2.17. The second-order valence-corrected chi connectivity index (χ2v) is 4.47. The van der Waals surface area contributed by atoms with E-state index >= 15 is 0 Å². The minimum atomic E-state index is -4.33. The Morgan fingerprint density at radius 1 is 1.38 bits per heavy atom. The van der Waals surface area contributed by atoms with E-state index in [9.17, 15) is 18.0 Å². The van der Waals surface area contributed by atoms with E-state index < -0.39 is 24.9 Å². The first-order valence-electron chi connectivity index (χ1n) is 6.39. The van der Waals surface area contributed by atoms with Crippen LogP contribution in [0.3, 0.4) is 0 Å². The number of halogens is 3. The van der Waals surface area contributed by atoms with Crippen LogP contribution < -0.4 is 5.32 Å². The first kappa shape index (κ1) is 17.1. The Balaban J connectivity index is 2.65. The number of carbonyl (C=O) groups excluding carboxylic acids is 1. The number of aryl methyl sites for hydroxylation is 1. The molecule has 0 radical (unpaired) electrons. The van der Waals surface area contributed by atoms with Crippen LogP contribution in [-0.4, -0.2) is 23.8 Å². The molecule has 1 amide bonds. The summed E-state index contributed by atoms with van der Waals surface area (Å²) in [5.74, 6) is 4.93. The van der Waals surface area contributed by atoms with Gasteiger partial charge in [0.05, 0.1) is 13.0 Å². The molecule has 0 saturated heterocycles. The van der Waals surface area contributed by atoms with Crippen LogP contribution in [0.2, 0.25) is 0 Å². The molecular weight excluding hydrogens is 283 g/mol. The van der Waals surface area contributed by atoms with Crippen LogP contribution in [0.1, 0.15) is 30.4 Å². The standard InChI is InChI=1S/C15H16F3NO2/c1-11-10-12(4-2-3-9-20)5-6-13(11)19-14(21)7-8-15(16,17)18/h5-6,10,20H,3,7-9H2,1H3,(H,19,21). The van der Waals surface area contributed by atoms with Gasteiger partial charge >= 0.3 is 6.18 Å². The van der Waals surface area contributed by atoms with Crippen molar-refractivity contribution in [3.8, 4) is 11.8 Å². The van der Waals surface area contributed by atoms with Gasteiger partial charge in [0.25, 0.3) is 0 Å². The molecule has 0 aromatic heterocycles. The SMILES string of the molecule is Cc1cc(C#CCCO)ccc1NC(=O)CCC(F)(F)F. The molecule has 0 aliphatic carbocycles. The summed E-state index contributed by atoms with van der Waals surface area (Å²) in [5.41, 5.74) is 1.90. The van der Waals surface area contributed by atoms with Crippen molar-refractivity contribution in [1.29, 1.82) is 0 Å². The second-order valence-electron chi connectivity index (χ2n) is 4.47. The lowest BCUT2D eigenvalue weighted by Gasteiger charge is -2.10. The Hall–Kier alpha value is -2.00. The molecule has 0 saturated carbocycles. The molecule has 0 unspecified atom stereocenters. The van der Waals surface area contributed by atoms with Gasteiger partial charge in [0, 0.05) is 24.1 Å². The monoisotopic (exact) mass is 299 g/mol. The van der Waals surface area contributed by atoms with Gasteiger partial charge in [-0.3, -0.25) is 4.79 Å². The Bertz CT molecular complexity index is 556. The minimum Gasteiger partial charge on any atom is -0.395 e. The number of anilines is 1. The molecule has 0 aliphatic heterocycles. The maximum atomic E-state index is 12.0. The van der Waals surface area contributed by atoms with Crippen LogP contribution in [0.4, 0.5) is 18.9 Å². The van der Waals surface area contributed by atoms with E-state index in [0.29, 0.717) is 23.2 Å². The van der Waals surface area contributed by atoms with Gasteiger partial charge in [-0.2, -0.15) is 13.2 Å². The quantitative estimate of drug-likeness (QED) is 0.840. The predicted molar refractivity (Wildman–Crippen MR) is 73.7 cm³/mol. The molecule has 1 rings (SSSR count). The Kier molecular flexibility index (Phi) is 6.25. The van der Waals surface area contributed by atoms with Gasteiger partial charge in [-0.1, -0.05) is 11.8 Å². The van der Waals surface area contributed by atoms with Gasteiger partial charge in [0.1, 0.15) is 0 Å². The maximum Gasteiger partial charge on any atom is 0.389 e. The number of rotatable bonds is 4. The Labute approximate surface area is 121 Å². The zero-order chi connectivity index (χ0) is 15.9. The lowest BCUT2D eigenvalue weighted by atomic mass is 10.1. The van der Waals surface area contributed by atoms with Gasteiger partial charge in [-0.25, -0.2) is 0 Å². The van der Waals surface area contributed by atoms with E-state index in [1.54, 1.807) is 25.1 Å². The third-order valence-corrected chi connectivity index (χ3v) is 2.61. The third-order valence-electron chi connectivity index (χ3n) is 2.61. The van der Waals surface area contributed by atoms with Gasteiger partial charge in [0.15, 0.2) is 0 Å². The number of benzene rings is 1. The number of amides is 1. The first-order chi connectivity index (χ1) is 9.81. The van der Waals surface area contributed by atoms with Crippen molar-refractivity contribution in [2.24, 2.45) is 0 Å². The van der Waals surface area contributed by atoms with Gasteiger partial charge in [0.2, 0.25) is 5.91 Å². The largest absolute Gasteiger partial charge is 0.395 e. The highest BCUT2D eigenvalue weighted by Gasteiger charge is 2.27. The zero-order valence-electron chi connectivity index (χ0n) is 11.5. The van der Waals surface area contributed by atoms with Crippen LogP contribution >= 0.6 is 0 Å². The number of hydrogen-bond acceptors (Lipinski definition) is 2. The van der Waals surface area contributed by atoms with E-state index in [1.807, 2.05) is 0 Å². The summed E-state index contributed by atoms with van der Waals surface area (Å²) in [6, 6.07) is 4.99. The number of alkyl halides is 3. The van der Waals surface area contributed by atoms with Crippen molar-refractivity contribution < 1.29 is 23.1 Å². The molecule has 3 nitrogen and oxygen atoms in total. The normalized spacial score (nSPS) is 10.7. The molecule has 0 fully saturated rings. The summed E-state index contributed by atoms with van der Waals surface area (Å²) in [6.07, 6.45) is -5.70. The van der Waals surface area contributed by atoms with E-state index in [2.05, 4.69) is 17.2 Å². The summed E-state index contributed by atoms with van der Waals surface area (Å²) in [5, 5.41) is 11.1. The van der Waals surface area contributed by atoms with E-state index in [0.717, 1.165) is 0 Å². The molecule has 21 heavy (non-hydrogen) atoms. The number of aliphatic hydroxyl groups excluding tert-OH is 1. The average molecular weight is 299 g/mol. The summed E-state index contributed by atoms with van der Waals surface area (Å²) in [6.45, 7) is 1.72. The highest BCUT2D eigenvalue weighted by molar-refractivity contribution is 5.91. The van der Waals surface area contributed by atoms with E-state index in [4.69, 9.17) is 5.11 Å². The molecule has 2 N–H and O–H groups in total. The molecule has 1 aromatic rings. The Morgan fingerprint density at radius 2 is 2.10 bits per heavy atom. The van der Waals surface area contributed by atoms with Crippen LogP contribution in [0.5, 0.6) is 0 Å². The number of nitrogens with one attached hydrogen (secondary N) is 1. The lowest BCUT2D eigenvalue weighted by molar-refractivity contribution is -0.142. The van der Waals surface area contributed by atoms with Crippen molar-refractivity contribution >= 4 is 11.6 Å². The smallest absolute Gasteiger partial charge is 0.389 e. The van der Waals surface area contributed by atoms with Crippen molar-refractivity contribution in [3.05, 3.63) is 29.3 Å². The van der Waals surface area contributed by atoms with E-state index in [-0.39, 0.29) is 6.61 Å². The number of carbonyl (C=O) groups is 1. The van der Waals surface area contributed by atoms with Crippen molar-refractivity contribution in [2.45, 2.75) is 32.4 Å². The minimum absolute atomic E-state index is 0.0146. The van der Waals surface area contributed by atoms with Crippen molar-refractivity contribution in [2.75, 3.05) is 11.9 Å². The van der Waals surface area contributed by atoms with Crippen LogP contribution in [0.15, 0.2) is 18.2 Å². The van der Waals surface area contributed by atoms with Gasteiger partial charge in [-0.05, 0) is 30.7 Å². The van der Waals surface area contributed by atoms with Gasteiger partial charge in [-0.15, -0.1) is 0 Å². The molecule has 6 heteroatoms. The highest BCUT2D eigenvalue weighted by atomic mass is 19.4. The van der Waals surface area contributed by atoms with Crippen molar-refractivity contribution in [3.63, 3.8) is 0 Å². The van der Waals surface area contributed by atoms with Crippen LogP contribution in [-0.2, 0) is 4.79 Å². The molecule has 0 heterocycles. The Morgan fingerprint density at radius 3 is 2.67 bits per heavy atom. The maximum absolute atomic E-state index is 12.0. The average Bonchev–Trinajstić information content (AvgIpc) is 2.39. The fraction of sp³-hybridized carbons (Fsp3) is 0.400. The summed E-state index contributed by atoms with van der Waals surface area (Å²) >= 11 is 0. The molecule has 1 aromatic carbocycles. The predicted octanol–water partition coefficient (Wildman–Crippen LogP) is 3.01. The van der Waals surface area contributed by atoms with Crippen LogP contribution in [0.25, 0.3) is 0 Å². The topological polar surface area (TPSA) is 49.3 Å². The fourth-order valence-electron chi connectivity index (χ4n) is 1.57. The second kappa shape index (κ2) is 7.70. The summed E-state index contributed by atoms with van der Waals surface area (Å²) < 4.78 is 36.1. The van der Waals surface area contributed by atoms with Crippen molar-refractivity contribution in [1.82, 2.24) is 0 Å². The zero-order valence-corrected chi connectivity index (χ0v) is 11.5. The fourth-order valence-corrected chi connectivity index (χ4v) is 1.57. The van der Waals surface area contributed by atoms with Crippen LogP contribution in [0, 0.1) is 18.8 Å².